The van der Waals surface area contributed by atoms with Crippen molar-refractivity contribution in [2.45, 2.75) is 45.1 Å². The van der Waals surface area contributed by atoms with Crippen molar-refractivity contribution in [1.82, 2.24) is 10.3 Å². The van der Waals surface area contributed by atoms with E-state index in [1.807, 2.05) is 0 Å². The van der Waals surface area contributed by atoms with Gasteiger partial charge < -0.3 is 5.32 Å². The first-order chi connectivity index (χ1) is 9.86. The lowest BCUT2D eigenvalue weighted by atomic mass is 9.93. The van der Waals surface area contributed by atoms with Crippen LogP contribution in [-0.4, -0.2) is 17.6 Å². The Balaban J connectivity index is 1.78. The molecule has 0 saturated heterocycles. The van der Waals surface area contributed by atoms with Gasteiger partial charge in [0.25, 0.3) is 0 Å². The molecule has 1 heterocycles. The first-order valence-electron chi connectivity index (χ1n) is 7.95. The first-order valence-corrected chi connectivity index (χ1v) is 7.95. The Morgan fingerprint density at radius 2 is 1.95 bits per heavy atom. The van der Waals surface area contributed by atoms with E-state index in [1.54, 1.807) is 0 Å². The van der Waals surface area contributed by atoms with Crippen LogP contribution in [0.2, 0.25) is 0 Å². The summed E-state index contributed by atoms with van der Waals surface area (Å²) in [6.45, 7) is 3.25. The molecule has 1 aromatic carbocycles. The molecule has 1 aliphatic carbocycles. The highest BCUT2D eigenvalue weighted by Crippen LogP contribution is 2.29. The second-order valence-corrected chi connectivity index (χ2v) is 5.91. The molecule has 0 aliphatic heterocycles. The molecule has 20 heavy (non-hydrogen) atoms. The minimum atomic E-state index is 0.594. The maximum Gasteiger partial charge on any atom is 0.0705 e. The molecular formula is C18H24N2. The van der Waals surface area contributed by atoms with Crippen LogP contribution in [0.15, 0.2) is 36.4 Å². The zero-order chi connectivity index (χ0) is 13.8. The SMILES string of the molecule is CCNC(Cc1ccc2ccccc2n1)C1CCCC1. The fraction of sp³-hybridized carbons (Fsp3) is 0.500. The lowest BCUT2D eigenvalue weighted by Crippen LogP contribution is -2.37. The van der Waals surface area contributed by atoms with Crippen LogP contribution in [0.3, 0.4) is 0 Å². The molecule has 1 N–H and O–H groups in total. The van der Waals surface area contributed by atoms with Crippen LogP contribution in [0.4, 0.5) is 0 Å². The van der Waals surface area contributed by atoms with Gasteiger partial charge in [-0.3, -0.25) is 4.98 Å². The minimum absolute atomic E-state index is 0.594. The standard InChI is InChI=1S/C18H24N2/c1-2-19-18(14-7-3-4-8-14)13-16-12-11-15-9-5-6-10-17(15)20-16/h5-6,9-12,14,18-19H,2-4,7-8,13H2,1H3. The van der Waals surface area contributed by atoms with Crippen LogP contribution < -0.4 is 5.32 Å². The number of hydrogen-bond donors (Lipinski definition) is 1. The number of para-hydroxylation sites is 1. The van der Waals surface area contributed by atoms with Gasteiger partial charge in [0.05, 0.1) is 5.52 Å². The first kappa shape index (κ1) is 13.6. The van der Waals surface area contributed by atoms with E-state index in [1.165, 1.54) is 36.8 Å². The molecule has 1 aromatic heterocycles. The summed E-state index contributed by atoms with van der Waals surface area (Å²) >= 11 is 0. The number of nitrogens with one attached hydrogen (secondary N) is 1. The number of pyridine rings is 1. The molecular weight excluding hydrogens is 244 g/mol. The van der Waals surface area contributed by atoms with E-state index in [0.717, 1.165) is 24.4 Å². The molecule has 1 unspecified atom stereocenters. The quantitative estimate of drug-likeness (QED) is 0.888. The molecule has 106 valence electrons. The maximum absolute atomic E-state index is 4.83. The van der Waals surface area contributed by atoms with E-state index < -0.39 is 0 Å². The number of rotatable bonds is 5. The third kappa shape index (κ3) is 3.01. The van der Waals surface area contributed by atoms with Gasteiger partial charge in [0.15, 0.2) is 0 Å². The highest BCUT2D eigenvalue weighted by molar-refractivity contribution is 5.78. The second-order valence-electron chi connectivity index (χ2n) is 5.91. The summed E-state index contributed by atoms with van der Waals surface area (Å²) in [4.78, 5) is 4.83. The Kier molecular flexibility index (Phi) is 4.31. The van der Waals surface area contributed by atoms with Gasteiger partial charge in [0, 0.05) is 23.5 Å². The highest BCUT2D eigenvalue weighted by Gasteiger charge is 2.24. The monoisotopic (exact) mass is 268 g/mol. The van der Waals surface area contributed by atoms with Crippen LogP contribution in [0, 0.1) is 5.92 Å². The molecule has 2 nitrogen and oxygen atoms in total. The Hall–Kier alpha value is -1.41. The van der Waals surface area contributed by atoms with E-state index in [2.05, 4.69) is 48.6 Å². The van der Waals surface area contributed by atoms with Crippen molar-refractivity contribution >= 4 is 10.9 Å². The van der Waals surface area contributed by atoms with Crippen molar-refractivity contribution in [2.24, 2.45) is 5.92 Å². The molecule has 1 saturated carbocycles. The van der Waals surface area contributed by atoms with Gasteiger partial charge in [-0.2, -0.15) is 0 Å². The van der Waals surface area contributed by atoms with E-state index in [9.17, 15) is 0 Å². The molecule has 0 radical (unpaired) electrons. The van der Waals surface area contributed by atoms with Gasteiger partial charge in [-0.05, 0) is 37.4 Å². The number of fused-ring (bicyclic) bond motifs is 1. The molecule has 0 amide bonds. The lowest BCUT2D eigenvalue weighted by molar-refractivity contribution is 0.360. The summed E-state index contributed by atoms with van der Waals surface area (Å²) in [5.41, 5.74) is 2.34. The van der Waals surface area contributed by atoms with E-state index >= 15 is 0 Å². The zero-order valence-corrected chi connectivity index (χ0v) is 12.3. The average molecular weight is 268 g/mol. The van der Waals surface area contributed by atoms with Crippen molar-refractivity contribution in [2.75, 3.05) is 6.54 Å². The van der Waals surface area contributed by atoms with Gasteiger partial charge in [0.1, 0.15) is 0 Å². The predicted octanol–water partition coefficient (Wildman–Crippen LogP) is 3.95. The van der Waals surface area contributed by atoms with Crippen molar-refractivity contribution in [3.63, 3.8) is 0 Å². The van der Waals surface area contributed by atoms with Gasteiger partial charge in [-0.15, -0.1) is 0 Å². The van der Waals surface area contributed by atoms with Gasteiger partial charge in [0.2, 0.25) is 0 Å². The minimum Gasteiger partial charge on any atom is -0.314 e. The lowest BCUT2D eigenvalue weighted by Gasteiger charge is -2.24. The van der Waals surface area contributed by atoms with Crippen LogP contribution in [-0.2, 0) is 6.42 Å². The Morgan fingerprint density at radius 1 is 1.15 bits per heavy atom. The summed E-state index contributed by atoms with van der Waals surface area (Å²) in [6.07, 6.45) is 6.62. The fourth-order valence-corrected chi connectivity index (χ4v) is 3.47. The smallest absolute Gasteiger partial charge is 0.0705 e. The summed E-state index contributed by atoms with van der Waals surface area (Å²) in [5, 5.41) is 4.91. The van der Waals surface area contributed by atoms with Crippen LogP contribution in [0.5, 0.6) is 0 Å². The largest absolute Gasteiger partial charge is 0.314 e. The van der Waals surface area contributed by atoms with Crippen molar-refractivity contribution in [1.29, 1.82) is 0 Å². The fourth-order valence-electron chi connectivity index (χ4n) is 3.47. The Morgan fingerprint density at radius 3 is 2.75 bits per heavy atom. The van der Waals surface area contributed by atoms with Gasteiger partial charge in [-0.25, -0.2) is 0 Å². The van der Waals surface area contributed by atoms with Gasteiger partial charge in [-0.1, -0.05) is 44.0 Å². The number of likely N-dealkylation sites (N-methyl/N-ethyl adjacent to an activating group) is 1. The Bertz CT molecular complexity index is 558. The molecule has 0 spiro atoms. The molecule has 1 aliphatic rings. The molecule has 1 atom stereocenters. The predicted molar refractivity (Wildman–Crippen MR) is 84.9 cm³/mol. The Labute approximate surface area is 121 Å². The topological polar surface area (TPSA) is 24.9 Å². The van der Waals surface area contributed by atoms with Gasteiger partial charge >= 0.3 is 0 Å². The summed E-state index contributed by atoms with van der Waals surface area (Å²) in [6, 6.07) is 13.4. The number of hydrogen-bond acceptors (Lipinski definition) is 2. The molecule has 0 bridgehead atoms. The van der Waals surface area contributed by atoms with E-state index in [4.69, 9.17) is 4.98 Å². The number of benzene rings is 1. The molecule has 1 fully saturated rings. The maximum atomic E-state index is 4.83. The van der Waals surface area contributed by atoms with Crippen LogP contribution >= 0.6 is 0 Å². The van der Waals surface area contributed by atoms with E-state index in [0.29, 0.717) is 6.04 Å². The highest BCUT2D eigenvalue weighted by atomic mass is 14.9. The number of aromatic nitrogens is 1. The average Bonchev–Trinajstić information content (AvgIpc) is 3.01. The second kappa shape index (κ2) is 6.36. The zero-order valence-electron chi connectivity index (χ0n) is 12.3. The summed E-state index contributed by atoms with van der Waals surface area (Å²) in [7, 11) is 0. The molecule has 3 rings (SSSR count). The van der Waals surface area contributed by atoms with E-state index in [-0.39, 0.29) is 0 Å². The molecule has 2 heteroatoms. The summed E-state index contributed by atoms with van der Waals surface area (Å²) in [5.74, 6) is 0.836. The van der Waals surface area contributed by atoms with Crippen LogP contribution in [0.25, 0.3) is 10.9 Å². The van der Waals surface area contributed by atoms with Crippen molar-refractivity contribution in [3.8, 4) is 0 Å². The third-order valence-corrected chi connectivity index (χ3v) is 4.52. The van der Waals surface area contributed by atoms with Crippen molar-refractivity contribution < 1.29 is 0 Å². The molecule has 2 aromatic rings. The normalized spacial score (nSPS) is 17.6. The summed E-state index contributed by atoms with van der Waals surface area (Å²) < 4.78 is 0. The van der Waals surface area contributed by atoms with Crippen LogP contribution in [0.1, 0.15) is 38.3 Å². The third-order valence-electron chi connectivity index (χ3n) is 4.52. The number of nitrogens with zero attached hydrogens (tertiary/aromatic N) is 1. The van der Waals surface area contributed by atoms with Crippen molar-refractivity contribution in [3.05, 3.63) is 42.1 Å².